The van der Waals surface area contributed by atoms with Crippen molar-refractivity contribution >= 4 is 11.6 Å². The van der Waals surface area contributed by atoms with Crippen molar-refractivity contribution in [2.24, 2.45) is 5.92 Å². The third-order valence-electron chi connectivity index (χ3n) is 3.85. The van der Waals surface area contributed by atoms with Crippen molar-refractivity contribution in [2.45, 2.75) is 33.1 Å². The van der Waals surface area contributed by atoms with Gasteiger partial charge in [-0.1, -0.05) is 13.0 Å². The summed E-state index contributed by atoms with van der Waals surface area (Å²) < 4.78 is 5.35. The Morgan fingerprint density at radius 2 is 2.24 bits per heavy atom. The average molecular weight is 290 g/mol. The Bertz CT molecular complexity index is 468. The molecular formula is C17H26N2O2. The number of nitrogens with one attached hydrogen (secondary N) is 2. The Labute approximate surface area is 127 Å². The summed E-state index contributed by atoms with van der Waals surface area (Å²) in [4.78, 5) is 12.3. The predicted molar refractivity (Wildman–Crippen MR) is 85.8 cm³/mol. The van der Waals surface area contributed by atoms with Gasteiger partial charge in [-0.05, 0) is 49.8 Å². The average Bonchev–Trinajstić information content (AvgIpc) is 2.98. The molecule has 1 fully saturated rings. The van der Waals surface area contributed by atoms with Gasteiger partial charge >= 0.3 is 0 Å². The van der Waals surface area contributed by atoms with Crippen molar-refractivity contribution in [2.75, 3.05) is 31.6 Å². The van der Waals surface area contributed by atoms with E-state index in [9.17, 15) is 4.79 Å². The molecule has 116 valence electrons. The fraction of sp³-hybridized carbons (Fsp3) is 0.588. The van der Waals surface area contributed by atoms with Gasteiger partial charge in [0.15, 0.2) is 0 Å². The highest BCUT2D eigenvalue weighted by Crippen LogP contribution is 2.18. The molecule has 1 unspecified atom stereocenters. The Balaban J connectivity index is 1.90. The SMILES string of the molecule is CCCNc1cc(C)ccc1C(=O)NCCC1CCOC1. The molecule has 1 aromatic rings. The van der Waals surface area contributed by atoms with E-state index in [0.717, 1.165) is 55.8 Å². The number of hydrogen-bond donors (Lipinski definition) is 2. The normalized spacial score (nSPS) is 17.7. The van der Waals surface area contributed by atoms with Crippen LogP contribution in [0.5, 0.6) is 0 Å². The molecule has 2 rings (SSSR count). The molecule has 1 aliphatic heterocycles. The van der Waals surface area contributed by atoms with E-state index in [2.05, 4.69) is 17.6 Å². The highest BCUT2D eigenvalue weighted by molar-refractivity contribution is 5.99. The zero-order valence-corrected chi connectivity index (χ0v) is 13.1. The van der Waals surface area contributed by atoms with Crippen LogP contribution in [0, 0.1) is 12.8 Å². The minimum absolute atomic E-state index is 0.00696. The molecule has 1 amide bonds. The van der Waals surface area contributed by atoms with Crippen molar-refractivity contribution in [3.63, 3.8) is 0 Å². The standard InChI is InChI=1S/C17H26N2O2/c1-3-8-18-16-11-13(2)4-5-15(16)17(20)19-9-6-14-7-10-21-12-14/h4-5,11,14,18H,3,6-10,12H2,1-2H3,(H,19,20). The third kappa shape index (κ3) is 4.74. The molecule has 0 aromatic heterocycles. The van der Waals surface area contributed by atoms with Crippen molar-refractivity contribution in [1.29, 1.82) is 0 Å². The minimum atomic E-state index is 0.00696. The van der Waals surface area contributed by atoms with Crippen LogP contribution >= 0.6 is 0 Å². The molecule has 0 aliphatic carbocycles. The van der Waals surface area contributed by atoms with E-state index in [0.29, 0.717) is 12.5 Å². The summed E-state index contributed by atoms with van der Waals surface area (Å²) in [7, 11) is 0. The molecular weight excluding hydrogens is 264 g/mol. The lowest BCUT2D eigenvalue weighted by Crippen LogP contribution is -2.27. The van der Waals surface area contributed by atoms with Crippen molar-refractivity contribution in [3.8, 4) is 0 Å². The number of rotatable bonds is 7. The summed E-state index contributed by atoms with van der Waals surface area (Å²) in [6.45, 7) is 7.45. The van der Waals surface area contributed by atoms with Gasteiger partial charge in [-0.3, -0.25) is 4.79 Å². The number of carbonyl (C=O) groups excluding carboxylic acids is 1. The lowest BCUT2D eigenvalue weighted by molar-refractivity contribution is 0.0951. The highest BCUT2D eigenvalue weighted by atomic mass is 16.5. The number of anilines is 1. The summed E-state index contributed by atoms with van der Waals surface area (Å²) in [5.74, 6) is 0.605. The molecule has 1 heterocycles. The molecule has 4 heteroatoms. The molecule has 4 nitrogen and oxygen atoms in total. The van der Waals surface area contributed by atoms with Gasteiger partial charge in [-0.2, -0.15) is 0 Å². The number of aryl methyl sites for hydroxylation is 1. The van der Waals surface area contributed by atoms with Crippen LogP contribution in [0.15, 0.2) is 18.2 Å². The topological polar surface area (TPSA) is 50.4 Å². The molecule has 0 saturated carbocycles. The smallest absolute Gasteiger partial charge is 0.253 e. The summed E-state index contributed by atoms with van der Waals surface area (Å²) >= 11 is 0. The lowest BCUT2D eigenvalue weighted by Gasteiger charge is -2.13. The van der Waals surface area contributed by atoms with Crippen LogP contribution in [0.4, 0.5) is 5.69 Å². The lowest BCUT2D eigenvalue weighted by atomic mass is 10.0. The second kappa shape index (κ2) is 8.03. The summed E-state index contributed by atoms with van der Waals surface area (Å²) in [5, 5.41) is 6.36. The quantitative estimate of drug-likeness (QED) is 0.811. The zero-order valence-electron chi connectivity index (χ0n) is 13.1. The van der Waals surface area contributed by atoms with Crippen LogP contribution < -0.4 is 10.6 Å². The van der Waals surface area contributed by atoms with Crippen molar-refractivity contribution < 1.29 is 9.53 Å². The van der Waals surface area contributed by atoms with Crippen molar-refractivity contribution in [3.05, 3.63) is 29.3 Å². The molecule has 2 N–H and O–H groups in total. The van der Waals surface area contributed by atoms with Crippen LogP contribution in [-0.2, 0) is 4.74 Å². The molecule has 0 bridgehead atoms. The summed E-state index contributed by atoms with van der Waals surface area (Å²) in [5.41, 5.74) is 2.82. The molecule has 0 radical (unpaired) electrons. The second-order valence-electron chi connectivity index (χ2n) is 5.75. The van der Waals surface area contributed by atoms with E-state index in [1.54, 1.807) is 0 Å². The number of carbonyl (C=O) groups is 1. The monoisotopic (exact) mass is 290 g/mol. The maximum atomic E-state index is 12.3. The number of amides is 1. The number of hydrogen-bond acceptors (Lipinski definition) is 3. The first kappa shape index (κ1) is 15.8. The number of ether oxygens (including phenoxy) is 1. The van der Waals surface area contributed by atoms with E-state index in [1.807, 2.05) is 25.1 Å². The zero-order chi connectivity index (χ0) is 15.1. The molecule has 1 saturated heterocycles. The molecule has 1 atom stereocenters. The van der Waals surface area contributed by atoms with Gasteiger partial charge in [0.25, 0.3) is 5.91 Å². The van der Waals surface area contributed by atoms with Gasteiger partial charge in [0.1, 0.15) is 0 Å². The van der Waals surface area contributed by atoms with Gasteiger partial charge in [-0.15, -0.1) is 0 Å². The van der Waals surface area contributed by atoms with Gasteiger partial charge in [-0.25, -0.2) is 0 Å². The third-order valence-corrected chi connectivity index (χ3v) is 3.85. The van der Waals surface area contributed by atoms with E-state index in [-0.39, 0.29) is 5.91 Å². The maximum Gasteiger partial charge on any atom is 0.253 e. The van der Waals surface area contributed by atoms with E-state index in [1.165, 1.54) is 0 Å². The van der Waals surface area contributed by atoms with Crippen LogP contribution in [0.1, 0.15) is 42.1 Å². The van der Waals surface area contributed by atoms with Crippen LogP contribution in [-0.4, -0.2) is 32.2 Å². The van der Waals surface area contributed by atoms with Crippen LogP contribution in [0.3, 0.4) is 0 Å². The first-order valence-corrected chi connectivity index (χ1v) is 7.91. The Morgan fingerprint density at radius 1 is 1.38 bits per heavy atom. The Kier molecular flexibility index (Phi) is 6.05. The van der Waals surface area contributed by atoms with Gasteiger partial charge in [0, 0.05) is 32.0 Å². The van der Waals surface area contributed by atoms with Crippen LogP contribution in [0.25, 0.3) is 0 Å². The molecule has 21 heavy (non-hydrogen) atoms. The maximum absolute atomic E-state index is 12.3. The van der Waals surface area contributed by atoms with Gasteiger partial charge < -0.3 is 15.4 Å². The van der Waals surface area contributed by atoms with E-state index >= 15 is 0 Å². The number of benzene rings is 1. The van der Waals surface area contributed by atoms with Crippen molar-refractivity contribution in [1.82, 2.24) is 5.32 Å². The van der Waals surface area contributed by atoms with E-state index in [4.69, 9.17) is 4.74 Å². The molecule has 1 aromatic carbocycles. The largest absolute Gasteiger partial charge is 0.384 e. The first-order chi connectivity index (χ1) is 10.2. The minimum Gasteiger partial charge on any atom is -0.384 e. The van der Waals surface area contributed by atoms with E-state index < -0.39 is 0 Å². The summed E-state index contributed by atoms with van der Waals surface area (Å²) in [6.07, 6.45) is 3.15. The molecule has 1 aliphatic rings. The summed E-state index contributed by atoms with van der Waals surface area (Å²) in [6, 6.07) is 5.92. The second-order valence-corrected chi connectivity index (χ2v) is 5.75. The predicted octanol–water partition coefficient (Wildman–Crippen LogP) is 2.97. The Morgan fingerprint density at radius 3 is 2.95 bits per heavy atom. The van der Waals surface area contributed by atoms with Gasteiger partial charge in [0.2, 0.25) is 0 Å². The first-order valence-electron chi connectivity index (χ1n) is 7.91. The fourth-order valence-corrected chi connectivity index (χ4v) is 2.56. The van der Waals surface area contributed by atoms with Gasteiger partial charge in [0.05, 0.1) is 5.56 Å². The van der Waals surface area contributed by atoms with Crippen LogP contribution in [0.2, 0.25) is 0 Å². The highest BCUT2D eigenvalue weighted by Gasteiger charge is 2.16. The molecule has 0 spiro atoms. The fourth-order valence-electron chi connectivity index (χ4n) is 2.56. The Hall–Kier alpha value is -1.55.